The lowest BCUT2D eigenvalue weighted by Gasteiger charge is -2.26. The van der Waals surface area contributed by atoms with Gasteiger partial charge in [0.1, 0.15) is 0 Å². The lowest BCUT2D eigenvalue weighted by molar-refractivity contribution is -0.383. The normalized spacial score (nSPS) is 14.8. The van der Waals surface area contributed by atoms with Crippen LogP contribution in [0.1, 0.15) is 15.9 Å². The van der Waals surface area contributed by atoms with E-state index >= 15 is 0 Å². The van der Waals surface area contributed by atoms with Gasteiger partial charge in [-0.25, -0.2) is 0 Å². The van der Waals surface area contributed by atoms with Gasteiger partial charge in [-0.1, -0.05) is 36.4 Å². The zero-order valence-corrected chi connectivity index (χ0v) is 17.6. The molecule has 7 heteroatoms. The van der Waals surface area contributed by atoms with Crippen LogP contribution >= 0.6 is 0 Å². The summed E-state index contributed by atoms with van der Waals surface area (Å²) in [5.41, 5.74) is 2.10. The number of para-hydroxylation sites is 1. The molecule has 1 aliphatic heterocycles. The standard InChI is InChI=1S/C25H23N3O4/c29-25(21-9-10-24(28(30)31)19-6-2-1-5-18(19)21)22-17-27(23-8-4-3-7-20(22)23)12-11-26-13-15-32-16-14-26/h1-10,17H,11-16H2. The van der Waals surface area contributed by atoms with E-state index in [9.17, 15) is 14.9 Å². The molecule has 0 unspecified atom stereocenters. The van der Waals surface area contributed by atoms with Crippen molar-refractivity contribution in [1.82, 2.24) is 9.47 Å². The first-order valence-electron chi connectivity index (χ1n) is 10.7. The summed E-state index contributed by atoms with van der Waals surface area (Å²) in [7, 11) is 0. The summed E-state index contributed by atoms with van der Waals surface area (Å²) < 4.78 is 7.56. The van der Waals surface area contributed by atoms with Crippen LogP contribution in [0.4, 0.5) is 5.69 Å². The van der Waals surface area contributed by atoms with Crippen LogP contribution in [0.15, 0.2) is 66.9 Å². The maximum absolute atomic E-state index is 13.7. The van der Waals surface area contributed by atoms with Crippen molar-refractivity contribution >= 4 is 33.1 Å². The highest BCUT2D eigenvalue weighted by atomic mass is 16.6. The summed E-state index contributed by atoms with van der Waals surface area (Å²) in [5, 5.41) is 13.4. The molecule has 7 nitrogen and oxygen atoms in total. The van der Waals surface area contributed by atoms with Crippen LogP contribution in [0.5, 0.6) is 0 Å². The highest BCUT2D eigenvalue weighted by Crippen LogP contribution is 2.31. The minimum Gasteiger partial charge on any atom is -0.379 e. The van der Waals surface area contributed by atoms with E-state index in [1.165, 1.54) is 6.07 Å². The Morgan fingerprint density at radius 2 is 1.56 bits per heavy atom. The number of morpholine rings is 1. The second-order valence-corrected chi connectivity index (χ2v) is 7.97. The summed E-state index contributed by atoms with van der Waals surface area (Å²) >= 11 is 0. The van der Waals surface area contributed by atoms with Gasteiger partial charge in [0.15, 0.2) is 5.78 Å². The molecular formula is C25H23N3O4. The number of ether oxygens (including phenoxy) is 1. The molecule has 1 fully saturated rings. The number of nitro benzene ring substituents is 1. The van der Waals surface area contributed by atoms with E-state index in [2.05, 4.69) is 9.47 Å². The molecule has 5 rings (SSSR count). The van der Waals surface area contributed by atoms with E-state index in [0.29, 0.717) is 21.9 Å². The van der Waals surface area contributed by atoms with Gasteiger partial charge in [-0.15, -0.1) is 0 Å². The van der Waals surface area contributed by atoms with Crippen molar-refractivity contribution in [2.24, 2.45) is 0 Å². The van der Waals surface area contributed by atoms with Crippen molar-refractivity contribution in [2.45, 2.75) is 6.54 Å². The molecule has 0 spiro atoms. The molecule has 4 aromatic rings. The third-order valence-corrected chi connectivity index (χ3v) is 6.14. The number of benzene rings is 3. The van der Waals surface area contributed by atoms with Crippen molar-refractivity contribution in [3.8, 4) is 0 Å². The number of carbonyl (C=O) groups is 1. The predicted octanol–water partition coefficient (Wildman–Crippen LogP) is 4.27. The number of aromatic nitrogens is 1. The van der Waals surface area contributed by atoms with E-state index in [4.69, 9.17) is 4.74 Å². The Morgan fingerprint density at radius 1 is 0.875 bits per heavy atom. The Hall–Kier alpha value is -3.55. The molecule has 1 aromatic heterocycles. The monoisotopic (exact) mass is 429 g/mol. The highest BCUT2D eigenvalue weighted by Gasteiger charge is 2.22. The van der Waals surface area contributed by atoms with E-state index < -0.39 is 4.92 Å². The Labute approximate surface area is 185 Å². The fraction of sp³-hybridized carbons (Fsp3) is 0.240. The maximum Gasteiger partial charge on any atom is 0.277 e. The maximum atomic E-state index is 13.7. The molecule has 0 bridgehead atoms. The molecule has 1 aliphatic rings. The number of nitro groups is 1. The SMILES string of the molecule is O=C(c1ccc([N+](=O)[O-])c2ccccc12)c1cn(CCN2CCOCC2)c2ccccc12. The average Bonchev–Trinajstić information content (AvgIpc) is 3.21. The van der Waals surface area contributed by atoms with E-state index in [1.54, 1.807) is 30.3 Å². The van der Waals surface area contributed by atoms with Crippen LogP contribution in [0.3, 0.4) is 0 Å². The Balaban J connectivity index is 1.54. The number of fused-ring (bicyclic) bond motifs is 2. The molecular weight excluding hydrogens is 406 g/mol. The number of carbonyl (C=O) groups excluding carboxylic acids is 1. The third-order valence-electron chi connectivity index (χ3n) is 6.14. The second kappa shape index (κ2) is 8.53. The summed E-state index contributed by atoms with van der Waals surface area (Å²) in [6, 6.07) is 17.9. The smallest absolute Gasteiger partial charge is 0.277 e. The summed E-state index contributed by atoms with van der Waals surface area (Å²) in [6.07, 6.45) is 1.92. The van der Waals surface area contributed by atoms with E-state index in [0.717, 1.165) is 50.3 Å². The molecule has 32 heavy (non-hydrogen) atoms. The molecule has 0 atom stereocenters. The quantitative estimate of drug-likeness (QED) is 0.260. The van der Waals surface area contributed by atoms with Crippen molar-refractivity contribution in [3.63, 3.8) is 0 Å². The van der Waals surface area contributed by atoms with Crippen LogP contribution in [-0.2, 0) is 11.3 Å². The van der Waals surface area contributed by atoms with Crippen LogP contribution < -0.4 is 0 Å². The zero-order valence-electron chi connectivity index (χ0n) is 17.6. The van der Waals surface area contributed by atoms with E-state index in [-0.39, 0.29) is 11.5 Å². The molecule has 0 amide bonds. The van der Waals surface area contributed by atoms with Gasteiger partial charge in [0.2, 0.25) is 0 Å². The number of non-ortho nitro benzene ring substituents is 1. The first kappa shape index (κ1) is 20.4. The molecule has 1 saturated heterocycles. The first-order valence-corrected chi connectivity index (χ1v) is 10.7. The molecule has 3 aromatic carbocycles. The van der Waals surface area contributed by atoms with Gasteiger partial charge in [0.05, 0.1) is 23.5 Å². The summed E-state index contributed by atoms with van der Waals surface area (Å²) in [4.78, 5) is 27.1. The van der Waals surface area contributed by atoms with Gasteiger partial charge >= 0.3 is 0 Å². The van der Waals surface area contributed by atoms with Gasteiger partial charge < -0.3 is 9.30 Å². The van der Waals surface area contributed by atoms with Gasteiger partial charge in [0.25, 0.3) is 5.69 Å². The molecule has 0 radical (unpaired) electrons. The Kier molecular flexibility index (Phi) is 5.43. The fourth-order valence-electron chi connectivity index (χ4n) is 4.47. The Morgan fingerprint density at radius 3 is 2.31 bits per heavy atom. The first-order chi connectivity index (χ1) is 15.6. The van der Waals surface area contributed by atoms with Crippen LogP contribution in [0, 0.1) is 10.1 Å². The number of hydrogen-bond acceptors (Lipinski definition) is 5. The minimum atomic E-state index is -0.409. The van der Waals surface area contributed by atoms with Crippen LogP contribution in [-0.4, -0.2) is 53.0 Å². The summed E-state index contributed by atoms with van der Waals surface area (Å²) in [5.74, 6) is -0.127. The minimum absolute atomic E-state index is 0.00471. The summed E-state index contributed by atoms with van der Waals surface area (Å²) in [6.45, 7) is 5.00. The topological polar surface area (TPSA) is 77.6 Å². The zero-order chi connectivity index (χ0) is 22.1. The molecule has 2 heterocycles. The number of ketones is 1. The lowest BCUT2D eigenvalue weighted by Crippen LogP contribution is -2.38. The second-order valence-electron chi connectivity index (χ2n) is 7.97. The third kappa shape index (κ3) is 3.66. The highest BCUT2D eigenvalue weighted by molar-refractivity contribution is 6.22. The van der Waals surface area contributed by atoms with Gasteiger partial charge in [0, 0.05) is 60.5 Å². The van der Waals surface area contributed by atoms with Crippen molar-refractivity contribution in [2.75, 3.05) is 32.8 Å². The van der Waals surface area contributed by atoms with Crippen molar-refractivity contribution in [1.29, 1.82) is 0 Å². The van der Waals surface area contributed by atoms with Crippen LogP contribution in [0.25, 0.3) is 21.7 Å². The van der Waals surface area contributed by atoms with Crippen molar-refractivity contribution in [3.05, 3.63) is 88.1 Å². The molecule has 0 saturated carbocycles. The lowest BCUT2D eigenvalue weighted by atomic mass is 9.96. The van der Waals surface area contributed by atoms with Gasteiger partial charge in [-0.2, -0.15) is 0 Å². The van der Waals surface area contributed by atoms with Crippen molar-refractivity contribution < 1.29 is 14.5 Å². The molecule has 0 N–H and O–H groups in total. The van der Waals surface area contributed by atoms with Gasteiger partial charge in [-0.3, -0.25) is 19.8 Å². The van der Waals surface area contributed by atoms with E-state index in [1.807, 2.05) is 30.5 Å². The number of rotatable bonds is 6. The van der Waals surface area contributed by atoms with Gasteiger partial charge in [-0.05, 0) is 23.6 Å². The predicted molar refractivity (Wildman–Crippen MR) is 123 cm³/mol. The van der Waals surface area contributed by atoms with Crippen LogP contribution in [0.2, 0.25) is 0 Å². The molecule has 162 valence electrons. The average molecular weight is 429 g/mol. The number of hydrogen-bond donors (Lipinski definition) is 0. The Bertz CT molecular complexity index is 1320. The fourth-order valence-corrected chi connectivity index (χ4v) is 4.47. The molecule has 0 aliphatic carbocycles. The number of nitrogens with zero attached hydrogens (tertiary/aromatic N) is 3. The largest absolute Gasteiger partial charge is 0.379 e.